The minimum absolute atomic E-state index is 0.346. The standard InChI is InChI=1S/C9H9BrN2O/c10-4-6-1-2-8-7(3-6)12-9(5-11)13-8/h1-3H,4-5,11H2. The summed E-state index contributed by atoms with van der Waals surface area (Å²) in [5, 5.41) is 0.827. The Bertz CT molecular complexity index is 422. The van der Waals surface area contributed by atoms with Crippen LogP contribution in [0, 0.1) is 0 Å². The molecule has 68 valence electrons. The summed E-state index contributed by atoms with van der Waals surface area (Å²) in [5.41, 5.74) is 8.27. The smallest absolute Gasteiger partial charge is 0.209 e. The van der Waals surface area contributed by atoms with Gasteiger partial charge in [-0.2, -0.15) is 0 Å². The Morgan fingerprint density at radius 3 is 3.00 bits per heavy atom. The molecular weight excluding hydrogens is 232 g/mol. The van der Waals surface area contributed by atoms with Gasteiger partial charge in [0.2, 0.25) is 5.89 Å². The Hall–Kier alpha value is -0.870. The minimum Gasteiger partial charge on any atom is -0.439 e. The molecule has 3 nitrogen and oxygen atoms in total. The fourth-order valence-corrected chi connectivity index (χ4v) is 1.54. The molecule has 0 unspecified atom stereocenters. The Morgan fingerprint density at radius 2 is 2.31 bits per heavy atom. The van der Waals surface area contributed by atoms with E-state index in [1.807, 2.05) is 18.2 Å². The van der Waals surface area contributed by atoms with Crippen LogP contribution in [0.1, 0.15) is 11.5 Å². The second-order valence-corrected chi connectivity index (χ2v) is 3.31. The van der Waals surface area contributed by atoms with Gasteiger partial charge < -0.3 is 10.2 Å². The van der Waals surface area contributed by atoms with Crippen molar-refractivity contribution in [1.29, 1.82) is 0 Å². The van der Waals surface area contributed by atoms with Crippen LogP contribution in [0.3, 0.4) is 0 Å². The molecule has 2 N–H and O–H groups in total. The second-order valence-electron chi connectivity index (χ2n) is 2.75. The highest BCUT2D eigenvalue weighted by Gasteiger charge is 2.03. The SMILES string of the molecule is NCc1nc2cc(CBr)ccc2o1. The van der Waals surface area contributed by atoms with E-state index >= 15 is 0 Å². The van der Waals surface area contributed by atoms with Crippen LogP contribution in [-0.2, 0) is 11.9 Å². The first-order valence-corrected chi connectivity index (χ1v) is 5.10. The Balaban J connectivity index is 2.57. The topological polar surface area (TPSA) is 52.0 Å². The summed E-state index contributed by atoms with van der Waals surface area (Å²) in [4.78, 5) is 4.23. The maximum atomic E-state index is 5.42. The van der Waals surface area contributed by atoms with Crippen molar-refractivity contribution in [3.63, 3.8) is 0 Å². The van der Waals surface area contributed by atoms with Crippen LogP contribution in [0.2, 0.25) is 0 Å². The van der Waals surface area contributed by atoms with Crippen LogP contribution in [0.5, 0.6) is 0 Å². The van der Waals surface area contributed by atoms with Crippen LogP contribution < -0.4 is 5.73 Å². The lowest BCUT2D eigenvalue weighted by molar-refractivity contribution is 0.533. The summed E-state index contributed by atoms with van der Waals surface area (Å²) in [7, 11) is 0. The molecule has 0 saturated carbocycles. The fourth-order valence-electron chi connectivity index (χ4n) is 1.19. The van der Waals surface area contributed by atoms with Crippen LogP contribution in [0.4, 0.5) is 0 Å². The first-order valence-electron chi connectivity index (χ1n) is 3.98. The maximum absolute atomic E-state index is 5.42. The van der Waals surface area contributed by atoms with Gasteiger partial charge in [-0.1, -0.05) is 22.0 Å². The van der Waals surface area contributed by atoms with Crippen molar-refractivity contribution >= 4 is 27.0 Å². The molecule has 0 spiro atoms. The summed E-state index contributed by atoms with van der Waals surface area (Å²) in [6.07, 6.45) is 0. The Morgan fingerprint density at radius 1 is 1.46 bits per heavy atom. The van der Waals surface area contributed by atoms with E-state index in [0.29, 0.717) is 12.4 Å². The lowest BCUT2D eigenvalue weighted by atomic mass is 10.2. The van der Waals surface area contributed by atoms with Crippen LogP contribution in [-0.4, -0.2) is 4.98 Å². The molecule has 13 heavy (non-hydrogen) atoms. The van der Waals surface area contributed by atoms with Gasteiger partial charge in [-0.05, 0) is 17.7 Å². The van der Waals surface area contributed by atoms with Crippen LogP contribution in [0.25, 0.3) is 11.1 Å². The average Bonchev–Trinajstić information content (AvgIpc) is 2.58. The van der Waals surface area contributed by atoms with Crippen molar-refractivity contribution in [2.24, 2.45) is 5.73 Å². The summed E-state index contributed by atoms with van der Waals surface area (Å²) < 4.78 is 5.37. The zero-order chi connectivity index (χ0) is 9.26. The highest BCUT2D eigenvalue weighted by atomic mass is 79.9. The third-order valence-corrected chi connectivity index (χ3v) is 2.47. The second kappa shape index (κ2) is 3.47. The first kappa shape index (κ1) is 8.72. The number of rotatable bonds is 2. The van der Waals surface area contributed by atoms with Crippen molar-refractivity contribution in [1.82, 2.24) is 4.98 Å². The largest absolute Gasteiger partial charge is 0.439 e. The van der Waals surface area contributed by atoms with Gasteiger partial charge in [0.15, 0.2) is 5.58 Å². The van der Waals surface area contributed by atoms with Gasteiger partial charge in [0, 0.05) is 5.33 Å². The minimum atomic E-state index is 0.346. The average molecular weight is 241 g/mol. The van der Waals surface area contributed by atoms with Gasteiger partial charge in [0.25, 0.3) is 0 Å². The van der Waals surface area contributed by atoms with E-state index in [-0.39, 0.29) is 0 Å². The molecule has 1 aromatic carbocycles. The lowest BCUT2D eigenvalue weighted by Gasteiger charge is -1.91. The quantitative estimate of drug-likeness (QED) is 0.820. The molecule has 0 fully saturated rings. The van der Waals surface area contributed by atoms with Crippen molar-refractivity contribution in [2.75, 3.05) is 0 Å². The van der Waals surface area contributed by atoms with Gasteiger partial charge in [-0.15, -0.1) is 0 Å². The summed E-state index contributed by atoms with van der Waals surface area (Å²) >= 11 is 3.38. The van der Waals surface area contributed by atoms with Crippen LogP contribution >= 0.6 is 15.9 Å². The highest BCUT2D eigenvalue weighted by Crippen LogP contribution is 2.18. The predicted octanol–water partition coefficient (Wildman–Crippen LogP) is 2.18. The number of alkyl halides is 1. The molecular formula is C9H9BrN2O. The number of benzene rings is 1. The van der Waals surface area contributed by atoms with E-state index in [1.165, 1.54) is 5.56 Å². The molecule has 0 bridgehead atoms. The van der Waals surface area contributed by atoms with E-state index in [9.17, 15) is 0 Å². The third kappa shape index (κ3) is 1.59. The van der Waals surface area contributed by atoms with E-state index < -0.39 is 0 Å². The molecule has 1 heterocycles. The molecule has 0 saturated heterocycles. The summed E-state index contributed by atoms with van der Waals surface area (Å²) in [5.74, 6) is 0.585. The van der Waals surface area contributed by atoms with Gasteiger partial charge in [0.05, 0.1) is 6.54 Å². The Kier molecular flexibility index (Phi) is 2.33. The molecule has 0 atom stereocenters. The summed E-state index contributed by atoms with van der Waals surface area (Å²) in [6.45, 7) is 0.346. The van der Waals surface area contributed by atoms with Gasteiger partial charge in [0.1, 0.15) is 5.52 Å². The zero-order valence-electron chi connectivity index (χ0n) is 6.96. The maximum Gasteiger partial charge on any atom is 0.209 e. The fraction of sp³-hybridized carbons (Fsp3) is 0.222. The normalized spacial score (nSPS) is 10.9. The molecule has 4 heteroatoms. The molecule has 0 aliphatic heterocycles. The van der Waals surface area contributed by atoms with Crippen LogP contribution in [0.15, 0.2) is 22.6 Å². The molecule has 2 aromatic rings. The molecule has 0 radical (unpaired) electrons. The van der Waals surface area contributed by atoms with Crippen molar-refractivity contribution in [2.45, 2.75) is 11.9 Å². The highest BCUT2D eigenvalue weighted by molar-refractivity contribution is 9.08. The number of hydrogen-bond acceptors (Lipinski definition) is 3. The van der Waals surface area contributed by atoms with Crippen molar-refractivity contribution < 1.29 is 4.42 Å². The van der Waals surface area contributed by atoms with Gasteiger partial charge >= 0.3 is 0 Å². The third-order valence-electron chi connectivity index (χ3n) is 1.83. The number of aromatic nitrogens is 1. The number of hydrogen-bond donors (Lipinski definition) is 1. The zero-order valence-corrected chi connectivity index (χ0v) is 8.54. The molecule has 0 aliphatic carbocycles. The number of fused-ring (bicyclic) bond motifs is 1. The van der Waals surface area contributed by atoms with E-state index in [1.54, 1.807) is 0 Å². The van der Waals surface area contributed by atoms with Crippen molar-refractivity contribution in [3.05, 3.63) is 29.7 Å². The first-order chi connectivity index (χ1) is 6.33. The molecule has 0 amide bonds. The number of nitrogens with two attached hydrogens (primary N) is 1. The lowest BCUT2D eigenvalue weighted by Crippen LogP contribution is -1.94. The molecule has 0 aliphatic rings. The van der Waals surface area contributed by atoms with E-state index in [0.717, 1.165) is 16.4 Å². The number of nitrogens with zero attached hydrogens (tertiary/aromatic N) is 1. The van der Waals surface area contributed by atoms with Crippen molar-refractivity contribution in [3.8, 4) is 0 Å². The predicted molar refractivity (Wildman–Crippen MR) is 54.5 cm³/mol. The number of oxazole rings is 1. The van der Waals surface area contributed by atoms with E-state index in [2.05, 4.69) is 20.9 Å². The molecule has 1 aromatic heterocycles. The van der Waals surface area contributed by atoms with Gasteiger partial charge in [-0.3, -0.25) is 0 Å². The number of halogens is 1. The monoisotopic (exact) mass is 240 g/mol. The Labute approximate surface area is 84.1 Å². The summed E-state index contributed by atoms with van der Waals surface area (Å²) in [6, 6.07) is 5.91. The van der Waals surface area contributed by atoms with Gasteiger partial charge in [-0.25, -0.2) is 4.98 Å². The van der Waals surface area contributed by atoms with E-state index in [4.69, 9.17) is 10.2 Å². The molecule has 2 rings (SSSR count).